The number of amides is 1. The summed E-state index contributed by atoms with van der Waals surface area (Å²) in [5, 5.41) is 6.89. The van der Waals surface area contributed by atoms with Crippen LogP contribution in [0.4, 0.5) is 0 Å². The van der Waals surface area contributed by atoms with Crippen molar-refractivity contribution in [3.8, 4) is 11.8 Å². The second-order valence-corrected chi connectivity index (χ2v) is 7.58. The number of aromatic nitrogens is 1. The fourth-order valence-electron chi connectivity index (χ4n) is 3.92. The number of carboxylic acid groups (broad SMARTS) is 1. The van der Waals surface area contributed by atoms with Crippen LogP contribution in [0, 0.1) is 5.41 Å². The van der Waals surface area contributed by atoms with Gasteiger partial charge in [-0.15, -0.1) is 0 Å². The normalized spacial score (nSPS) is 19.7. The van der Waals surface area contributed by atoms with Crippen LogP contribution in [-0.4, -0.2) is 92.3 Å². The Morgan fingerprint density at radius 2 is 1.97 bits per heavy atom. The number of likely N-dealkylation sites (tertiary alicyclic amines) is 1. The third-order valence-electron chi connectivity index (χ3n) is 5.37. The lowest BCUT2D eigenvalue weighted by Gasteiger charge is -2.36. The Hall–Kier alpha value is -2.88. The lowest BCUT2D eigenvalue weighted by Crippen LogP contribution is -2.45. The maximum atomic E-state index is 12.9. The summed E-state index contributed by atoms with van der Waals surface area (Å²) >= 11 is 0. The van der Waals surface area contributed by atoms with Crippen molar-refractivity contribution < 1.29 is 33.7 Å². The molecule has 1 atom stereocenters. The molecule has 0 bridgehead atoms. The zero-order valence-corrected chi connectivity index (χ0v) is 17.8. The van der Waals surface area contributed by atoms with Gasteiger partial charge in [-0.05, 0) is 33.0 Å². The lowest BCUT2D eigenvalue weighted by molar-refractivity contribution is -0.150. The number of methoxy groups -OCH3 is 2. The van der Waals surface area contributed by atoms with Gasteiger partial charge in [-0.1, -0.05) is 0 Å². The van der Waals surface area contributed by atoms with Crippen LogP contribution < -0.4 is 9.47 Å². The van der Waals surface area contributed by atoms with E-state index in [2.05, 4.69) is 4.98 Å². The molecule has 0 saturated carbocycles. The minimum atomic E-state index is -0.459. The maximum Gasteiger partial charge on any atom is 0.312 e. The van der Waals surface area contributed by atoms with E-state index in [0.29, 0.717) is 37.4 Å². The second kappa shape index (κ2) is 10.2. The average molecular weight is 423 g/mol. The van der Waals surface area contributed by atoms with Crippen LogP contribution >= 0.6 is 0 Å². The van der Waals surface area contributed by atoms with Crippen molar-refractivity contribution in [2.24, 2.45) is 5.41 Å². The van der Waals surface area contributed by atoms with Gasteiger partial charge < -0.3 is 29.1 Å². The van der Waals surface area contributed by atoms with E-state index in [1.807, 2.05) is 19.0 Å². The summed E-state index contributed by atoms with van der Waals surface area (Å²) in [5.74, 6) is 0.366. The first-order valence-corrected chi connectivity index (χ1v) is 9.62. The van der Waals surface area contributed by atoms with E-state index in [0.717, 1.165) is 13.0 Å². The SMILES string of the molecule is COc1ccc(C(=O)N2CCC3(CC2)CC(CN(C)C)OC3=O)c(OC)n1.O=CO. The predicted octanol–water partition coefficient (Wildman–Crippen LogP) is 0.899. The minimum absolute atomic E-state index is 0.0689. The molecule has 0 aliphatic carbocycles. The Morgan fingerprint density at radius 1 is 1.33 bits per heavy atom. The van der Waals surface area contributed by atoms with E-state index in [1.165, 1.54) is 14.2 Å². The molecule has 2 aliphatic heterocycles. The van der Waals surface area contributed by atoms with Gasteiger partial charge in [-0.25, -0.2) is 0 Å². The molecule has 1 unspecified atom stereocenters. The molecule has 1 aromatic heterocycles. The lowest BCUT2D eigenvalue weighted by atomic mass is 9.76. The van der Waals surface area contributed by atoms with Crippen molar-refractivity contribution in [1.29, 1.82) is 0 Å². The molecule has 30 heavy (non-hydrogen) atoms. The fraction of sp³-hybridized carbons (Fsp3) is 0.600. The smallest absolute Gasteiger partial charge is 0.312 e. The quantitative estimate of drug-likeness (QED) is 0.544. The van der Waals surface area contributed by atoms with Crippen molar-refractivity contribution in [2.75, 3.05) is 47.9 Å². The molecular formula is C20H29N3O7. The average Bonchev–Trinajstić information content (AvgIpc) is 3.01. The van der Waals surface area contributed by atoms with Crippen LogP contribution in [0.3, 0.4) is 0 Å². The van der Waals surface area contributed by atoms with Crippen molar-refractivity contribution in [3.63, 3.8) is 0 Å². The number of piperidine rings is 1. The molecule has 3 heterocycles. The third kappa shape index (κ3) is 5.18. The van der Waals surface area contributed by atoms with Crippen molar-refractivity contribution in [1.82, 2.24) is 14.8 Å². The highest BCUT2D eigenvalue weighted by Gasteiger charge is 2.50. The highest BCUT2D eigenvalue weighted by Crippen LogP contribution is 2.43. The Balaban J connectivity index is 0.00000101. The third-order valence-corrected chi connectivity index (χ3v) is 5.37. The summed E-state index contributed by atoms with van der Waals surface area (Å²) in [6.07, 6.45) is 1.89. The Bertz CT molecular complexity index is 761. The van der Waals surface area contributed by atoms with Gasteiger partial charge in [0.2, 0.25) is 11.8 Å². The number of cyclic esters (lactones) is 1. The standard InChI is InChI=1S/C19H27N3O5.CH2O2/c1-21(2)12-13-11-19(18(24)27-13)7-9-22(10-8-19)17(23)14-5-6-15(25-3)20-16(14)26-4;2-1-3/h5-6,13H,7-12H2,1-4H3;1H,(H,2,3). The second-order valence-electron chi connectivity index (χ2n) is 7.58. The van der Waals surface area contributed by atoms with E-state index >= 15 is 0 Å². The van der Waals surface area contributed by atoms with Gasteiger partial charge in [0.15, 0.2) is 0 Å². The highest BCUT2D eigenvalue weighted by atomic mass is 16.6. The number of carbonyl (C=O) groups is 3. The number of esters is 1. The molecule has 1 spiro atoms. The number of hydrogen-bond donors (Lipinski definition) is 1. The van der Waals surface area contributed by atoms with Gasteiger partial charge in [0.05, 0.1) is 19.6 Å². The van der Waals surface area contributed by atoms with Gasteiger partial charge >= 0.3 is 5.97 Å². The predicted molar refractivity (Wildman–Crippen MR) is 107 cm³/mol. The summed E-state index contributed by atoms with van der Waals surface area (Å²) in [4.78, 5) is 41.7. The molecule has 2 aliphatic rings. The number of pyridine rings is 1. The van der Waals surface area contributed by atoms with Crippen LogP contribution in [0.2, 0.25) is 0 Å². The molecule has 2 fully saturated rings. The van der Waals surface area contributed by atoms with Gasteiger partial charge in [0.25, 0.3) is 12.4 Å². The van der Waals surface area contributed by atoms with E-state index < -0.39 is 5.41 Å². The fourth-order valence-corrected chi connectivity index (χ4v) is 3.92. The maximum absolute atomic E-state index is 12.9. The van der Waals surface area contributed by atoms with Crippen LogP contribution in [0.25, 0.3) is 0 Å². The number of hydrogen-bond acceptors (Lipinski definition) is 8. The van der Waals surface area contributed by atoms with Gasteiger partial charge in [-0.2, -0.15) is 4.98 Å². The monoisotopic (exact) mass is 423 g/mol. The summed E-state index contributed by atoms with van der Waals surface area (Å²) in [6, 6.07) is 3.30. The first kappa shape index (κ1) is 23.4. The molecule has 10 heteroatoms. The molecule has 0 radical (unpaired) electrons. The van der Waals surface area contributed by atoms with E-state index in [-0.39, 0.29) is 30.3 Å². The van der Waals surface area contributed by atoms with Gasteiger partial charge in [0, 0.05) is 32.1 Å². The van der Waals surface area contributed by atoms with Crippen molar-refractivity contribution in [2.45, 2.75) is 25.4 Å². The number of rotatable bonds is 5. The topological polar surface area (TPSA) is 119 Å². The summed E-state index contributed by atoms with van der Waals surface area (Å²) in [6.45, 7) is 1.50. The zero-order chi connectivity index (χ0) is 22.3. The molecule has 2 saturated heterocycles. The molecule has 1 amide bonds. The van der Waals surface area contributed by atoms with Crippen molar-refractivity contribution in [3.05, 3.63) is 17.7 Å². The highest BCUT2D eigenvalue weighted by molar-refractivity contribution is 5.96. The molecule has 0 aromatic carbocycles. The molecule has 166 valence electrons. The number of nitrogens with zero attached hydrogens (tertiary/aromatic N) is 3. The molecule has 3 rings (SSSR count). The number of ether oxygens (including phenoxy) is 3. The van der Waals surface area contributed by atoms with E-state index in [4.69, 9.17) is 24.1 Å². The van der Waals surface area contributed by atoms with Crippen molar-refractivity contribution >= 4 is 18.3 Å². The summed E-state index contributed by atoms with van der Waals surface area (Å²) in [7, 11) is 6.92. The zero-order valence-electron chi connectivity index (χ0n) is 17.8. The van der Waals surface area contributed by atoms with Crippen LogP contribution in [0.5, 0.6) is 11.8 Å². The number of likely N-dealkylation sites (N-methyl/N-ethyl adjacent to an activating group) is 1. The Labute approximate surface area is 175 Å². The Kier molecular flexibility index (Phi) is 7.99. The molecule has 1 N–H and O–H groups in total. The first-order valence-electron chi connectivity index (χ1n) is 9.62. The molecule has 1 aromatic rings. The molecular weight excluding hydrogens is 394 g/mol. The molecule has 10 nitrogen and oxygen atoms in total. The van der Waals surface area contributed by atoms with E-state index in [1.54, 1.807) is 17.0 Å². The first-order chi connectivity index (χ1) is 14.3. The summed E-state index contributed by atoms with van der Waals surface area (Å²) < 4.78 is 15.9. The van der Waals surface area contributed by atoms with E-state index in [9.17, 15) is 9.59 Å². The summed E-state index contributed by atoms with van der Waals surface area (Å²) in [5.41, 5.74) is -0.0617. The van der Waals surface area contributed by atoms with Crippen LogP contribution in [0.15, 0.2) is 12.1 Å². The van der Waals surface area contributed by atoms with Crippen LogP contribution in [0.1, 0.15) is 29.6 Å². The van der Waals surface area contributed by atoms with Gasteiger partial charge in [-0.3, -0.25) is 14.4 Å². The number of carbonyl (C=O) groups excluding carboxylic acids is 2. The largest absolute Gasteiger partial charge is 0.483 e. The van der Waals surface area contributed by atoms with Crippen LogP contribution in [-0.2, 0) is 14.3 Å². The minimum Gasteiger partial charge on any atom is -0.483 e. The van der Waals surface area contributed by atoms with Gasteiger partial charge in [0.1, 0.15) is 11.7 Å². The Morgan fingerprint density at radius 3 is 2.50 bits per heavy atom.